The second kappa shape index (κ2) is 7.50. The Kier molecular flexibility index (Phi) is 5.40. The topological polar surface area (TPSA) is 55.6 Å². The van der Waals surface area contributed by atoms with Crippen molar-refractivity contribution in [3.63, 3.8) is 0 Å². The van der Waals surface area contributed by atoms with Gasteiger partial charge in [0.05, 0.1) is 19.3 Å². The Balaban J connectivity index is 1.93. The van der Waals surface area contributed by atoms with E-state index in [0.717, 1.165) is 31.9 Å². The molecule has 0 aromatic heterocycles. The predicted octanol–water partition coefficient (Wildman–Crippen LogP) is 0.861. The molecular formula is C17H18N2O2. The number of nitrogens with zero attached hydrogens (tertiary/aromatic N) is 1. The molecule has 21 heavy (non-hydrogen) atoms. The fraction of sp³-hybridized carbons (Fsp3) is 0.353. The van der Waals surface area contributed by atoms with Crippen molar-refractivity contribution in [3.05, 3.63) is 35.4 Å². The van der Waals surface area contributed by atoms with Crippen molar-refractivity contribution in [3.8, 4) is 23.7 Å². The van der Waals surface area contributed by atoms with Gasteiger partial charge in [0.2, 0.25) is 5.91 Å². The molecule has 0 radical (unpaired) electrons. The minimum atomic E-state index is -0.436. The predicted molar refractivity (Wildman–Crippen MR) is 81.5 cm³/mol. The molecule has 0 spiro atoms. The van der Waals surface area contributed by atoms with Crippen molar-refractivity contribution in [2.75, 3.05) is 26.3 Å². The normalized spacial score (nSPS) is 16.0. The van der Waals surface area contributed by atoms with Gasteiger partial charge in [-0.15, -0.1) is 0 Å². The zero-order valence-corrected chi connectivity index (χ0v) is 12.1. The van der Waals surface area contributed by atoms with Crippen LogP contribution in [0.2, 0.25) is 0 Å². The Morgan fingerprint density at radius 3 is 2.52 bits per heavy atom. The second-order valence-electron chi connectivity index (χ2n) is 4.79. The van der Waals surface area contributed by atoms with E-state index in [0.29, 0.717) is 5.56 Å². The monoisotopic (exact) mass is 282 g/mol. The van der Waals surface area contributed by atoms with Gasteiger partial charge < -0.3 is 10.5 Å². The highest BCUT2D eigenvalue weighted by atomic mass is 16.5. The Bertz CT molecular complexity index is 608. The number of hydrogen-bond acceptors (Lipinski definition) is 3. The summed E-state index contributed by atoms with van der Waals surface area (Å²) in [6.45, 7) is 5.44. The third-order valence-electron chi connectivity index (χ3n) is 3.31. The number of nitrogens with two attached hydrogens (primary N) is 1. The van der Waals surface area contributed by atoms with Crippen LogP contribution < -0.4 is 5.73 Å². The summed E-state index contributed by atoms with van der Waals surface area (Å²) in [4.78, 5) is 13.2. The lowest BCUT2D eigenvalue weighted by Crippen LogP contribution is -2.41. The number of amides is 1. The van der Waals surface area contributed by atoms with Gasteiger partial charge >= 0.3 is 0 Å². The van der Waals surface area contributed by atoms with Crippen LogP contribution in [0.25, 0.3) is 0 Å². The fourth-order valence-electron chi connectivity index (χ4n) is 2.02. The van der Waals surface area contributed by atoms with Crippen molar-refractivity contribution in [1.82, 2.24) is 4.90 Å². The molecule has 1 aromatic carbocycles. The zero-order valence-electron chi connectivity index (χ0n) is 12.1. The van der Waals surface area contributed by atoms with E-state index in [-0.39, 0.29) is 6.04 Å². The van der Waals surface area contributed by atoms with Crippen molar-refractivity contribution >= 4 is 5.91 Å². The Labute approximate surface area is 125 Å². The Morgan fingerprint density at radius 2 is 1.90 bits per heavy atom. The summed E-state index contributed by atoms with van der Waals surface area (Å²) >= 11 is 0. The van der Waals surface area contributed by atoms with Gasteiger partial charge in [0, 0.05) is 24.2 Å². The van der Waals surface area contributed by atoms with Crippen LogP contribution in [-0.2, 0) is 4.74 Å². The molecule has 108 valence electrons. The lowest BCUT2D eigenvalue weighted by Gasteiger charge is -2.29. The summed E-state index contributed by atoms with van der Waals surface area (Å²) in [5, 5.41) is 0. The number of morpholine rings is 1. The van der Waals surface area contributed by atoms with E-state index in [1.807, 2.05) is 0 Å². The first-order chi connectivity index (χ1) is 10.2. The number of carbonyl (C=O) groups excluding carboxylic acids is 1. The average Bonchev–Trinajstić information content (AvgIpc) is 2.52. The summed E-state index contributed by atoms with van der Waals surface area (Å²) < 4.78 is 5.31. The molecule has 1 atom stereocenters. The molecule has 0 unspecified atom stereocenters. The third kappa shape index (κ3) is 4.65. The number of rotatable bonds is 2. The van der Waals surface area contributed by atoms with Gasteiger partial charge in [0.25, 0.3) is 0 Å². The third-order valence-corrected chi connectivity index (χ3v) is 3.31. The zero-order chi connectivity index (χ0) is 15.1. The van der Waals surface area contributed by atoms with E-state index in [9.17, 15) is 4.79 Å². The van der Waals surface area contributed by atoms with Crippen LogP contribution in [-0.4, -0.2) is 43.2 Å². The van der Waals surface area contributed by atoms with Gasteiger partial charge in [0.15, 0.2) is 0 Å². The molecule has 4 nitrogen and oxygen atoms in total. The minimum Gasteiger partial charge on any atom is -0.379 e. The summed E-state index contributed by atoms with van der Waals surface area (Å²) in [7, 11) is 0. The molecule has 0 aliphatic carbocycles. The summed E-state index contributed by atoms with van der Waals surface area (Å²) in [6, 6.07) is 7.03. The maximum Gasteiger partial charge on any atom is 0.248 e. The first-order valence-corrected chi connectivity index (χ1v) is 6.90. The van der Waals surface area contributed by atoms with E-state index in [1.165, 1.54) is 0 Å². The van der Waals surface area contributed by atoms with Gasteiger partial charge in [-0.1, -0.05) is 11.8 Å². The summed E-state index contributed by atoms with van der Waals surface area (Å²) in [6.07, 6.45) is 0. The first-order valence-electron chi connectivity index (χ1n) is 6.90. The number of carbonyl (C=O) groups is 1. The van der Waals surface area contributed by atoms with Crippen LogP contribution in [0.3, 0.4) is 0 Å². The standard InChI is InChI=1S/C17H18N2O2/c1-14(19-10-12-21-13-11-19)4-2-3-5-15-6-8-16(9-7-15)17(18)20/h6-9,14H,10-13H2,1H3,(H2,18,20)/t14-/m0/s1. The molecule has 1 aliphatic heterocycles. The maximum absolute atomic E-state index is 10.9. The molecule has 4 heteroatoms. The van der Waals surface area contributed by atoms with E-state index in [1.54, 1.807) is 24.3 Å². The Hall–Kier alpha value is -2.27. The quantitative estimate of drug-likeness (QED) is 0.819. The molecule has 1 aromatic rings. The highest BCUT2D eigenvalue weighted by Crippen LogP contribution is 2.03. The van der Waals surface area contributed by atoms with Crippen LogP contribution in [0, 0.1) is 23.7 Å². The first kappa shape index (κ1) is 15.1. The van der Waals surface area contributed by atoms with Crippen LogP contribution in [0.4, 0.5) is 0 Å². The number of hydrogen-bond donors (Lipinski definition) is 1. The van der Waals surface area contributed by atoms with Crippen LogP contribution >= 0.6 is 0 Å². The molecular weight excluding hydrogens is 264 g/mol. The van der Waals surface area contributed by atoms with E-state index >= 15 is 0 Å². The van der Waals surface area contributed by atoms with E-state index in [2.05, 4.69) is 35.5 Å². The van der Waals surface area contributed by atoms with Crippen molar-refractivity contribution in [2.24, 2.45) is 5.73 Å². The molecule has 1 aliphatic rings. The van der Waals surface area contributed by atoms with E-state index in [4.69, 9.17) is 10.5 Å². The molecule has 1 fully saturated rings. The second-order valence-corrected chi connectivity index (χ2v) is 4.79. The molecule has 2 N–H and O–H groups in total. The molecule has 2 rings (SSSR count). The van der Waals surface area contributed by atoms with Gasteiger partial charge in [-0.05, 0) is 43.0 Å². The number of ether oxygens (including phenoxy) is 1. The van der Waals surface area contributed by atoms with Gasteiger partial charge in [-0.2, -0.15) is 0 Å². The van der Waals surface area contributed by atoms with Crippen LogP contribution in [0.1, 0.15) is 22.8 Å². The van der Waals surface area contributed by atoms with Crippen molar-refractivity contribution < 1.29 is 9.53 Å². The average molecular weight is 282 g/mol. The minimum absolute atomic E-state index is 0.181. The maximum atomic E-state index is 10.9. The van der Waals surface area contributed by atoms with Gasteiger partial charge in [-0.25, -0.2) is 0 Å². The highest BCUT2D eigenvalue weighted by molar-refractivity contribution is 5.92. The SMILES string of the molecule is C[C@@H](C#CC#Cc1ccc(C(N)=O)cc1)N1CCOCC1. The lowest BCUT2D eigenvalue weighted by molar-refractivity contribution is 0.0302. The molecule has 0 bridgehead atoms. The number of benzene rings is 1. The van der Waals surface area contributed by atoms with Gasteiger partial charge in [-0.3, -0.25) is 9.69 Å². The molecule has 0 saturated carbocycles. The van der Waals surface area contributed by atoms with Crippen LogP contribution in [0.15, 0.2) is 24.3 Å². The lowest BCUT2D eigenvalue weighted by atomic mass is 10.1. The Morgan fingerprint density at radius 1 is 1.24 bits per heavy atom. The largest absolute Gasteiger partial charge is 0.379 e. The van der Waals surface area contributed by atoms with Crippen molar-refractivity contribution in [2.45, 2.75) is 13.0 Å². The van der Waals surface area contributed by atoms with Gasteiger partial charge in [0.1, 0.15) is 0 Å². The smallest absolute Gasteiger partial charge is 0.248 e. The fourth-order valence-corrected chi connectivity index (χ4v) is 2.02. The summed E-state index contributed by atoms with van der Waals surface area (Å²) in [5.41, 5.74) is 6.47. The molecule has 1 heterocycles. The van der Waals surface area contributed by atoms with Crippen LogP contribution in [0.5, 0.6) is 0 Å². The van der Waals surface area contributed by atoms with E-state index < -0.39 is 5.91 Å². The highest BCUT2D eigenvalue weighted by Gasteiger charge is 2.14. The molecule has 1 saturated heterocycles. The van der Waals surface area contributed by atoms with Crippen molar-refractivity contribution in [1.29, 1.82) is 0 Å². The number of primary amides is 1. The summed E-state index contributed by atoms with van der Waals surface area (Å²) in [5.74, 6) is 11.4. The molecule has 1 amide bonds.